The lowest BCUT2D eigenvalue weighted by Gasteiger charge is -2.30. The van der Waals surface area contributed by atoms with Crippen LogP contribution in [0, 0.1) is 5.92 Å². The van der Waals surface area contributed by atoms with Crippen LogP contribution in [0.4, 0.5) is 0 Å². The Morgan fingerprint density at radius 2 is 2.30 bits per heavy atom. The van der Waals surface area contributed by atoms with Crippen LogP contribution >= 0.6 is 0 Å². The Hall–Kier alpha value is -1.42. The Kier molecular flexibility index (Phi) is 3.74. The number of hydrogen-bond donors (Lipinski definition) is 1. The van der Waals surface area contributed by atoms with E-state index in [2.05, 4.69) is 41.7 Å². The Balaban J connectivity index is 2.03. The molecule has 0 spiro atoms. The molecule has 0 amide bonds. The third-order valence-electron chi connectivity index (χ3n) is 4.39. The first-order valence-electron chi connectivity index (χ1n) is 7.77. The predicted molar refractivity (Wildman–Crippen MR) is 81.7 cm³/mol. The summed E-state index contributed by atoms with van der Waals surface area (Å²) in [5.41, 5.74) is 2.02. The minimum atomic E-state index is 0.366. The molecule has 0 radical (unpaired) electrons. The second-order valence-electron chi connectivity index (χ2n) is 6.09. The SMILES string of the molecule is CCC1CCNC(c2nc3cccnc3n2C(C)C)C1. The maximum absolute atomic E-state index is 4.86. The lowest BCUT2D eigenvalue weighted by molar-refractivity contribution is 0.284. The molecule has 2 aromatic rings. The first-order valence-corrected chi connectivity index (χ1v) is 7.77. The summed E-state index contributed by atoms with van der Waals surface area (Å²) < 4.78 is 2.30. The average molecular weight is 272 g/mol. The van der Waals surface area contributed by atoms with Crippen molar-refractivity contribution in [1.82, 2.24) is 19.9 Å². The maximum Gasteiger partial charge on any atom is 0.160 e. The van der Waals surface area contributed by atoms with E-state index >= 15 is 0 Å². The number of nitrogens with one attached hydrogen (secondary N) is 1. The van der Waals surface area contributed by atoms with Crippen LogP contribution in [0.15, 0.2) is 18.3 Å². The van der Waals surface area contributed by atoms with Crippen molar-refractivity contribution in [3.63, 3.8) is 0 Å². The Labute approximate surface area is 120 Å². The van der Waals surface area contributed by atoms with Crippen LogP contribution in [0.1, 0.15) is 57.9 Å². The molecular formula is C16H24N4. The molecule has 2 aromatic heterocycles. The first kappa shape index (κ1) is 13.6. The van der Waals surface area contributed by atoms with Crippen LogP contribution < -0.4 is 5.32 Å². The quantitative estimate of drug-likeness (QED) is 0.930. The second kappa shape index (κ2) is 5.52. The van der Waals surface area contributed by atoms with Crippen molar-refractivity contribution in [3.8, 4) is 0 Å². The third kappa shape index (κ3) is 2.33. The smallest absolute Gasteiger partial charge is 0.160 e. The normalized spacial score (nSPS) is 23.6. The second-order valence-corrected chi connectivity index (χ2v) is 6.09. The summed E-state index contributed by atoms with van der Waals surface area (Å²) in [5, 5.41) is 3.64. The molecule has 0 aliphatic carbocycles. The minimum Gasteiger partial charge on any atom is -0.309 e. The van der Waals surface area contributed by atoms with Crippen molar-refractivity contribution in [1.29, 1.82) is 0 Å². The predicted octanol–water partition coefficient (Wildman–Crippen LogP) is 3.46. The number of imidazole rings is 1. The summed E-state index contributed by atoms with van der Waals surface area (Å²) in [4.78, 5) is 9.39. The summed E-state index contributed by atoms with van der Waals surface area (Å²) >= 11 is 0. The number of aromatic nitrogens is 3. The van der Waals surface area contributed by atoms with E-state index in [1.165, 1.54) is 19.3 Å². The summed E-state index contributed by atoms with van der Waals surface area (Å²) in [7, 11) is 0. The fourth-order valence-electron chi connectivity index (χ4n) is 3.27. The minimum absolute atomic E-state index is 0.366. The van der Waals surface area contributed by atoms with Crippen LogP contribution in [0.3, 0.4) is 0 Å². The van der Waals surface area contributed by atoms with Gasteiger partial charge in [-0.25, -0.2) is 9.97 Å². The van der Waals surface area contributed by atoms with E-state index < -0.39 is 0 Å². The molecule has 4 heteroatoms. The number of piperidine rings is 1. The van der Waals surface area contributed by atoms with E-state index in [-0.39, 0.29) is 0 Å². The molecular weight excluding hydrogens is 248 g/mol. The van der Waals surface area contributed by atoms with Gasteiger partial charge in [-0.2, -0.15) is 0 Å². The van der Waals surface area contributed by atoms with Gasteiger partial charge in [0.1, 0.15) is 11.3 Å². The molecule has 108 valence electrons. The first-order chi connectivity index (χ1) is 9.70. The topological polar surface area (TPSA) is 42.7 Å². The van der Waals surface area contributed by atoms with Crippen LogP contribution in [0.2, 0.25) is 0 Å². The number of fused-ring (bicyclic) bond motifs is 1. The molecule has 2 unspecified atom stereocenters. The lowest BCUT2D eigenvalue weighted by atomic mass is 9.90. The van der Waals surface area contributed by atoms with Crippen molar-refractivity contribution in [3.05, 3.63) is 24.2 Å². The maximum atomic E-state index is 4.86. The number of pyridine rings is 1. The van der Waals surface area contributed by atoms with Gasteiger partial charge >= 0.3 is 0 Å². The Bertz CT molecular complexity index is 587. The molecule has 20 heavy (non-hydrogen) atoms. The number of hydrogen-bond acceptors (Lipinski definition) is 3. The van der Waals surface area contributed by atoms with Gasteiger partial charge in [-0.05, 0) is 51.3 Å². The molecule has 3 heterocycles. The van der Waals surface area contributed by atoms with Gasteiger partial charge in [-0.3, -0.25) is 0 Å². The van der Waals surface area contributed by atoms with E-state index in [9.17, 15) is 0 Å². The highest BCUT2D eigenvalue weighted by Crippen LogP contribution is 2.31. The van der Waals surface area contributed by atoms with Crippen LogP contribution in [-0.4, -0.2) is 21.1 Å². The Morgan fingerprint density at radius 1 is 1.45 bits per heavy atom. The fourth-order valence-corrected chi connectivity index (χ4v) is 3.27. The molecule has 1 N–H and O–H groups in total. The zero-order valence-corrected chi connectivity index (χ0v) is 12.6. The molecule has 0 bridgehead atoms. The monoisotopic (exact) mass is 272 g/mol. The largest absolute Gasteiger partial charge is 0.309 e. The van der Waals surface area contributed by atoms with Crippen molar-refractivity contribution >= 4 is 11.2 Å². The van der Waals surface area contributed by atoms with E-state index in [0.717, 1.165) is 29.5 Å². The molecule has 2 atom stereocenters. The zero-order chi connectivity index (χ0) is 14.1. The van der Waals surface area contributed by atoms with Gasteiger partial charge in [-0.1, -0.05) is 13.3 Å². The highest BCUT2D eigenvalue weighted by Gasteiger charge is 2.27. The highest BCUT2D eigenvalue weighted by atomic mass is 15.2. The van der Waals surface area contributed by atoms with Crippen LogP contribution in [0.5, 0.6) is 0 Å². The zero-order valence-electron chi connectivity index (χ0n) is 12.6. The van der Waals surface area contributed by atoms with Gasteiger partial charge in [0, 0.05) is 12.2 Å². The third-order valence-corrected chi connectivity index (χ3v) is 4.39. The van der Waals surface area contributed by atoms with E-state index in [1.54, 1.807) is 0 Å². The van der Waals surface area contributed by atoms with Gasteiger partial charge in [-0.15, -0.1) is 0 Å². The fraction of sp³-hybridized carbons (Fsp3) is 0.625. The molecule has 0 aromatic carbocycles. The van der Waals surface area contributed by atoms with Gasteiger partial charge in [0.05, 0.1) is 6.04 Å². The van der Waals surface area contributed by atoms with Gasteiger partial charge in [0.25, 0.3) is 0 Å². The number of rotatable bonds is 3. The van der Waals surface area contributed by atoms with Crippen molar-refractivity contribution in [2.24, 2.45) is 5.92 Å². The molecule has 1 aliphatic rings. The van der Waals surface area contributed by atoms with Gasteiger partial charge < -0.3 is 9.88 Å². The standard InChI is InChI=1S/C16H24N4/c1-4-12-7-9-17-14(10-12)16-19-13-6-5-8-18-15(13)20(16)11(2)3/h5-6,8,11-12,14,17H,4,7,9-10H2,1-3H3. The summed E-state index contributed by atoms with van der Waals surface area (Å²) in [6.07, 6.45) is 5.59. The molecule has 0 saturated carbocycles. The summed E-state index contributed by atoms with van der Waals surface area (Å²) in [5.74, 6) is 1.97. The molecule has 1 saturated heterocycles. The van der Waals surface area contributed by atoms with Gasteiger partial charge in [0.15, 0.2) is 5.65 Å². The molecule has 4 nitrogen and oxygen atoms in total. The Morgan fingerprint density at radius 3 is 3.05 bits per heavy atom. The van der Waals surface area contributed by atoms with Crippen molar-refractivity contribution in [2.45, 2.75) is 52.1 Å². The van der Waals surface area contributed by atoms with Crippen LogP contribution in [0.25, 0.3) is 11.2 Å². The lowest BCUT2D eigenvalue weighted by Crippen LogP contribution is -2.33. The summed E-state index contributed by atoms with van der Waals surface area (Å²) in [6, 6.07) is 4.77. The molecule has 1 fully saturated rings. The van der Waals surface area contributed by atoms with Crippen LogP contribution in [-0.2, 0) is 0 Å². The van der Waals surface area contributed by atoms with E-state index in [4.69, 9.17) is 4.98 Å². The molecule has 1 aliphatic heterocycles. The van der Waals surface area contributed by atoms with Gasteiger partial charge in [0.2, 0.25) is 0 Å². The van der Waals surface area contributed by atoms with Crippen molar-refractivity contribution in [2.75, 3.05) is 6.54 Å². The van der Waals surface area contributed by atoms with E-state index in [1.807, 2.05) is 12.3 Å². The highest BCUT2D eigenvalue weighted by molar-refractivity contribution is 5.71. The van der Waals surface area contributed by atoms with Crippen molar-refractivity contribution < 1.29 is 0 Å². The molecule has 3 rings (SSSR count). The number of nitrogens with zero attached hydrogens (tertiary/aromatic N) is 3. The van der Waals surface area contributed by atoms with E-state index in [0.29, 0.717) is 12.1 Å². The average Bonchev–Trinajstić information content (AvgIpc) is 2.87. The summed E-state index contributed by atoms with van der Waals surface area (Å²) in [6.45, 7) is 7.80.